The number of carbonyl (C=O) groups is 2. The third-order valence-corrected chi connectivity index (χ3v) is 10.1. The number of carbonyl (C=O) groups excluding carboxylic acids is 2. The highest BCUT2D eigenvalue weighted by Crippen LogP contribution is 2.65. The molecule has 29 heavy (non-hydrogen) atoms. The lowest BCUT2D eigenvalue weighted by Crippen LogP contribution is -2.59. The van der Waals surface area contributed by atoms with Crippen LogP contribution >= 0.6 is 0 Å². The number of hydrogen-bond donors (Lipinski definition) is 1. The molecule has 4 nitrogen and oxygen atoms in total. The Morgan fingerprint density at radius 3 is 2.55 bits per heavy atom. The van der Waals surface area contributed by atoms with Crippen LogP contribution in [0.15, 0.2) is 12.2 Å². The van der Waals surface area contributed by atoms with E-state index in [1.807, 2.05) is 0 Å². The molecular formula is C25H38N2O2. The monoisotopic (exact) mass is 398 g/mol. The molecule has 2 heterocycles. The number of fused-ring (bicyclic) bond motifs is 5. The molecule has 7 atom stereocenters. The van der Waals surface area contributed by atoms with E-state index >= 15 is 0 Å². The second kappa shape index (κ2) is 6.85. The molecule has 3 saturated carbocycles. The van der Waals surface area contributed by atoms with Gasteiger partial charge < -0.3 is 10.2 Å². The number of amides is 2. The fraction of sp³-hybridized carbons (Fsp3) is 0.840. The highest BCUT2D eigenvalue weighted by atomic mass is 16.2. The van der Waals surface area contributed by atoms with Crippen molar-refractivity contribution in [2.45, 2.75) is 78.2 Å². The van der Waals surface area contributed by atoms with Crippen LogP contribution in [-0.2, 0) is 9.59 Å². The fourth-order valence-corrected chi connectivity index (χ4v) is 8.19. The van der Waals surface area contributed by atoms with Gasteiger partial charge in [0.2, 0.25) is 11.8 Å². The third-order valence-electron chi connectivity index (χ3n) is 10.1. The third kappa shape index (κ3) is 2.91. The Bertz CT molecular complexity index is 724. The van der Waals surface area contributed by atoms with Crippen LogP contribution in [0.1, 0.15) is 72.1 Å². The first-order chi connectivity index (χ1) is 13.8. The number of likely N-dealkylation sites (tertiary alicyclic amines) is 1. The Morgan fingerprint density at radius 1 is 1.03 bits per heavy atom. The Balaban J connectivity index is 1.36. The lowest BCUT2D eigenvalue weighted by atomic mass is 9.48. The van der Waals surface area contributed by atoms with Gasteiger partial charge in [-0.15, -0.1) is 0 Å². The van der Waals surface area contributed by atoms with Crippen molar-refractivity contribution in [3.8, 4) is 0 Å². The van der Waals surface area contributed by atoms with Gasteiger partial charge in [0.25, 0.3) is 0 Å². The molecule has 0 aromatic heterocycles. The number of nitrogens with zero attached hydrogens (tertiary/aromatic N) is 1. The van der Waals surface area contributed by atoms with Gasteiger partial charge in [-0.1, -0.05) is 26.8 Å². The van der Waals surface area contributed by atoms with Crippen LogP contribution in [0.5, 0.6) is 0 Å². The van der Waals surface area contributed by atoms with Gasteiger partial charge in [-0.2, -0.15) is 0 Å². The first kappa shape index (κ1) is 19.6. The standard InChI is InChI=1S/C25H38N2O2/c1-16-10-14-27(15-11-16)23(29)20-6-5-18-17-4-7-21-25(3,13-9-22(28)26-21)19(17)8-12-24(18,20)2/h9,13,16-21H,4-8,10-12,14-15H2,1-3H3,(H,26,28)/t17?,18?,19?,20-,21-,24+,25-/m1/s1. The van der Waals surface area contributed by atoms with Crippen LogP contribution in [0, 0.1) is 40.4 Å². The average molecular weight is 399 g/mol. The first-order valence-electron chi connectivity index (χ1n) is 12.1. The van der Waals surface area contributed by atoms with E-state index in [4.69, 9.17) is 0 Å². The minimum absolute atomic E-state index is 0.0777. The molecule has 1 N–H and O–H groups in total. The van der Waals surface area contributed by atoms with Crippen molar-refractivity contribution >= 4 is 11.8 Å². The molecule has 160 valence electrons. The summed E-state index contributed by atoms with van der Waals surface area (Å²) < 4.78 is 0. The van der Waals surface area contributed by atoms with Crippen molar-refractivity contribution in [3.05, 3.63) is 12.2 Å². The van der Waals surface area contributed by atoms with Gasteiger partial charge in [0.05, 0.1) is 0 Å². The molecular weight excluding hydrogens is 360 g/mol. The summed E-state index contributed by atoms with van der Waals surface area (Å²) in [6.07, 6.45) is 13.3. The lowest BCUT2D eigenvalue weighted by Gasteiger charge is -2.58. The van der Waals surface area contributed by atoms with Crippen LogP contribution < -0.4 is 5.32 Å². The summed E-state index contributed by atoms with van der Waals surface area (Å²) in [5.74, 6) is 3.55. The minimum Gasteiger partial charge on any atom is -0.349 e. The zero-order valence-electron chi connectivity index (χ0n) is 18.5. The smallest absolute Gasteiger partial charge is 0.243 e. The van der Waals surface area contributed by atoms with E-state index in [1.165, 1.54) is 38.5 Å². The highest BCUT2D eigenvalue weighted by Gasteiger charge is 2.61. The lowest BCUT2D eigenvalue weighted by molar-refractivity contribution is -0.145. The predicted octanol–water partition coefficient (Wildman–Crippen LogP) is 4.16. The van der Waals surface area contributed by atoms with E-state index in [0.717, 1.165) is 31.8 Å². The van der Waals surface area contributed by atoms with Gasteiger partial charge in [0.1, 0.15) is 0 Å². The zero-order valence-corrected chi connectivity index (χ0v) is 18.5. The second-order valence-electron chi connectivity index (χ2n) is 11.4. The Kier molecular flexibility index (Phi) is 4.64. The molecule has 3 aliphatic carbocycles. The van der Waals surface area contributed by atoms with E-state index in [2.05, 4.69) is 37.1 Å². The Hall–Kier alpha value is -1.32. The summed E-state index contributed by atoms with van der Waals surface area (Å²) in [6, 6.07) is 0.291. The van der Waals surface area contributed by atoms with Gasteiger partial charge in [0.15, 0.2) is 0 Å². The maximum absolute atomic E-state index is 13.5. The van der Waals surface area contributed by atoms with E-state index in [1.54, 1.807) is 6.08 Å². The molecule has 0 radical (unpaired) electrons. The van der Waals surface area contributed by atoms with Crippen molar-refractivity contribution in [1.29, 1.82) is 0 Å². The summed E-state index contributed by atoms with van der Waals surface area (Å²) >= 11 is 0. The van der Waals surface area contributed by atoms with E-state index in [-0.39, 0.29) is 22.7 Å². The average Bonchev–Trinajstić information content (AvgIpc) is 3.06. The maximum atomic E-state index is 13.5. The molecule has 0 aromatic rings. The predicted molar refractivity (Wildman–Crippen MR) is 114 cm³/mol. The van der Waals surface area contributed by atoms with Gasteiger partial charge in [-0.3, -0.25) is 9.59 Å². The maximum Gasteiger partial charge on any atom is 0.243 e. The van der Waals surface area contributed by atoms with Crippen molar-refractivity contribution in [3.63, 3.8) is 0 Å². The molecule has 0 aromatic carbocycles. The van der Waals surface area contributed by atoms with Crippen LogP contribution in [0.4, 0.5) is 0 Å². The summed E-state index contributed by atoms with van der Waals surface area (Å²) in [5.41, 5.74) is 0.259. The number of rotatable bonds is 1. The second-order valence-corrected chi connectivity index (χ2v) is 11.4. The molecule has 5 rings (SSSR count). The molecule has 2 aliphatic heterocycles. The normalized spacial score (nSPS) is 47.2. The van der Waals surface area contributed by atoms with Crippen LogP contribution in [0.3, 0.4) is 0 Å². The van der Waals surface area contributed by atoms with Crippen molar-refractivity contribution < 1.29 is 9.59 Å². The van der Waals surface area contributed by atoms with Gasteiger partial charge in [-0.25, -0.2) is 0 Å². The number of hydrogen-bond acceptors (Lipinski definition) is 2. The molecule has 2 amide bonds. The molecule has 5 aliphatic rings. The minimum atomic E-state index is 0.0777. The Labute approximate surface area is 175 Å². The van der Waals surface area contributed by atoms with Crippen molar-refractivity contribution in [2.75, 3.05) is 13.1 Å². The van der Waals surface area contributed by atoms with Gasteiger partial charge in [-0.05, 0) is 86.5 Å². The summed E-state index contributed by atoms with van der Waals surface area (Å²) in [4.78, 5) is 27.6. The van der Waals surface area contributed by atoms with Crippen LogP contribution in [0.2, 0.25) is 0 Å². The highest BCUT2D eigenvalue weighted by molar-refractivity contribution is 5.89. The SMILES string of the molecule is CC1CCN(C(=O)[C@H]2CCC3C4CC[C@H]5NC(=O)C=C[C@]5(C)C4CC[C@@]32C)CC1. The van der Waals surface area contributed by atoms with Gasteiger partial charge in [0, 0.05) is 30.5 Å². The summed E-state index contributed by atoms with van der Waals surface area (Å²) in [5, 5.41) is 3.25. The van der Waals surface area contributed by atoms with Crippen molar-refractivity contribution in [2.24, 2.45) is 40.4 Å². The molecule has 4 fully saturated rings. The number of nitrogens with one attached hydrogen (secondary N) is 1. The van der Waals surface area contributed by atoms with Crippen LogP contribution in [-0.4, -0.2) is 35.8 Å². The molecule has 3 unspecified atom stereocenters. The topological polar surface area (TPSA) is 49.4 Å². The summed E-state index contributed by atoms with van der Waals surface area (Å²) in [7, 11) is 0. The quantitative estimate of drug-likeness (QED) is 0.721. The zero-order chi connectivity index (χ0) is 20.4. The summed E-state index contributed by atoms with van der Waals surface area (Å²) in [6.45, 7) is 9.07. The fourth-order valence-electron chi connectivity index (χ4n) is 8.19. The van der Waals surface area contributed by atoms with Gasteiger partial charge >= 0.3 is 0 Å². The van der Waals surface area contributed by atoms with Crippen LogP contribution in [0.25, 0.3) is 0 Å². The number of piperidine rings is 1. The van der Waals surface area contributed by atoms with E-state index in [0.29, 0.717) is 29.7 Å². The first-order valence-corrected chi connectivity index (χ1v) is 12.1. The Morgan fingerprint density at radius 2 is 1.79 bits per heavy atom. The van der Waals surface area contributed by atoms with Crippen molar-refractivity contribution in [1.82, 2.24) is 10.2 Å². The molecule has 1 saturated heterocycles. The van der Waals surface area contributed by atoms with E-state index in [9.17, 15) is 9.59 Å². The molecule has 0 bridgehead atoms. The molecule has 4 heteroatoms. The largest absolute Gasteiger partial charge is 0.349 e. The molecule has 0 spiro atoms. The van der Waals surface area contributed by atoms with E-state index < -0.39 is 0 Å².